The topological polar surface area (TPSA) is 38.3 Å². The van der Waals surface area contributed by atoms with E-state index in [1.807, 2.05) is 13.0 Å². The fourth-order valence-electron chi connectivity index (χ4n) is 1.33. The molecule has 0 saturated carbocycles. The van der Waals surface area contributed by atoms with Crippen LogP contribution in [0.1, 0.15) is 23.7 Å². The normalized spacial score (nSPS) is 11.3. The Bertz CT molecular complexity index is 407. The Morgan fingerprint density at radius 1 is 1.56 bits per heavy atom. The molecule has 3 nitrogen and oxygen atoms in total. The van der Waals surface area contributed by atoms with Gasteiger partial charge in [0.25, 0.3) is 5.91 Å². The van der Waals surface area contributed by atoms with Gasteiger partial charge in [-0.2, -0.15) is 0 Å². The number of methoxy groups -OCH3 is 1. The minimum atomic E-state index is -0.239. The van der Waals surface area contributed by atoms with Crippen LogP contribution in [-0.2, 0) is 0 Å². The number of carbonyl (C=O) groups is 1. The molecule has 0 spiro atoms. The van der Waals surface area contributed by atoms with Crippen molar-refractivity contribution in [2.45, 2.75) is 19.4 Å². The van der Waals surface area contributed by atoms with Crippen molar-refractivity contribution in [1.29, 1.82) is 0 Å². The van der Waals surface area contributed by atoms with E-state index in [4.69, 9.17) is 11.2 Å². The summed E-state index contributed by atoms with van der Waals surface area (Å²) in [6, 6.07) is 6.81. The number of rotatable bonds is 4. The second-order valence-corrected chi connectivity index (χ2v) is 3.30. The van der Waals surface area contributed by atoms with Gasteiger partial charge in [0.2, 0.25) is 0 Å². The van der Waals surface area contributed by atoms with Gasteiger partial charge in [-0.3, -0.25) is 4.79 Å². The van der Waals surface area contributed by atoms with Gasteiger partial charge in [-0.05, 0) is 18.6 Å². The van der Waals surface area contributed by atoms with Crippen molar-refractivity contribution in [2.24, 2.45) is 0 Å². The van der Waals surface area contributed by atoms with Gasteiger partial charge in [0.05, 0.1) is 18.7 Å². The molecule has 3 heteroatoms. The van der Waals surface area contributed by atoms with Crippen LogP contribution in [0.4, 0.5) is 0 Å². The summed E-state index contributed by atoms with van der Waals surface area (Å²) >= 11 is 0. The van der Waals surface area contributed by atoms with Gasteiger partial charge in [0.1, 0.15) is 5.75 Å². The van der Waals surface area contributed by atoms with Gasteiger partial charge in [-0.25, -0.2) is 0 Å². The molecule has 0 radical (unpaired) electrons. The summed E-state index contributed by atoms with van der Waals surface area (Å²) in [5.74, 6) is 2.86. The second-order valence-electron chi connectivity index (χ2n) is 3.30. The predicted molar refractivity (Wildman–Crippen MR) is 63.4 cm³/mol. The van der Waals surface area contributed by atoms with Crippen molar-refractivity contribution in [3.05, 3.63) is 29.8 Å². The van der Waals surface area contributed by atoms with Crippen molar-refractivity contribution in [3.63, 3.8) is 0 Å². The molecule has 84 valence electrons. The summed E-state index contributed by atoms with van der Waals surface area (Å²) in [5, 5.41) is 2.75. The molecular weight excluding hydrogens is 202 g/mol. The lowest BCUT2D eigenvalue weighted by molar-refractivity contribution is 0.0942. The van der Waals surface area contributed by atoms with E-state index in [9.17, 15) is 4.79 Å². The molecule has 0 bridgehead atoms. The Kier molecular flexibility index (Phi) is 4.41. The van der Waals surface area contributed by atoms with E-state index in [0.29, 0.717) is 17.7 Å². The number of para-hydroxylation sites is 1. The van der Waals surface area contributed by atoms with Crippen LogP contribution in [-0.4, -0.2) is 19.1 Å². The molecule has 0 fully saturated rings. The van der Waals surface area contributed by atoms with Crippen LogP contribution in [0.25, 0.3) is 0 Å². The average molecular weight is 217 g/mol. The number of amides is 1. The molecule has 0 saturated heterocycles. The highest BCUT2D eigenvalue weighted by molar-refractivity contribution is 5.97. The highest BCUT2D eigenvalue weighted by atomic mass is 16.5. The zero-order valence-electron chi connectivity index (χ0n) is 9.49. The molecule has 1 rings (SSSR count). The fraction of sp³-hybridized carbons (Fsp3) is 0.308. The largest absolute Gasteiger partial charge is 0.496 e. The number of terminal acetylenes is 1. The van der Waals surface area contributed by atoms with Gasteiger partial charge in [0, 0.05) is 0 Å². The van der Waals surface area contributed by atoms with E-state index in [2.05, 4.69) is 11.2 Å². The Morgan fingerprint density at radius 3 is 2.81 bits per heavy atom. The number of ether oxygens (including phenoxy) is 1. The van der Waals surface area contributed by atoms with E-state index in [1.54, 1.807) is 18.2 Å². The monoisotopic (exact) mass is 217 g/mol. The van der Waals surface area contributed by atoms with Crippen LogP contribution in [0.2, 0.25) is 0 Å². The smallest absolute Gasteiger partial charge is 0.256 e. The Balaban J connectivity index is 2.85. The first-order valence-electron chi connectivity index (χ1n) is 5.13. The number of hydrogen-bond donors (Lipinski definition) is 1. The Labute approximate surface area is 95.8 Å². The van der Waals surface area contributed by atoms with Crippen molar-refractivity contribution in [1.82, 2.24) is 5.32 Å². The SMILES string of the molecule is C#CC(CC)NC(=O)c1ccccc1OC. The molecule has 1 aromatic carbocycles. The lowest BCUT2D eigenvalue weighted by Crippen LogP contribution is -2.33. The minimum Gasteiger partial charge on any atom is -0.496 e. The molecular formula is C13H15NO2. The summed E-state index contributed by atoms with van der Waals surface area (Å²) in [6.07, 6.45) is 5.99. The average Bonchev–Trinajstić information content (AvgIpc) is 2.35. The molecule has 16 heavy (non-hydrogen) atoms. The first-order valence-corrected chi connectivity index (χ1v) is 5.13. The number of nitrogens with one attached hydrogen (secondary N) is 1. The van der Waals surface area contributed by atoms with Crippen LogP contribution < -0.4 is 10.1 Å². The maximum atomic E-state index is 11.9. The fourth-order valence-corrected chi connectivity index (χ4v) is 1.33. The van der Waals surface area contributed by atoms with E-state index in [1.165, 1.54) is 7.11 Å². The number of benzene rings is 1. The van der Waals surface area contributed by atoms with Gasteiger partial charge in [0.15, 0.2) is 0 Å². The van der Waals surface area contributed by atoms with Crippen molar-refractivity contribution < 1.29 is 9.53 Å². The van der Waals surface area contributed by atoms with Crippen molar-refractivity contribution >= 4 is 5.91 Å². The van der Waals surface area contributed by atoms with Crippen LogP contribution in [0.3, 0.4) is 0 Å². The molecule has 0 aliphatic rings. The third-order valence-electron chi connectivity index (χ3n) is 2.27. The molecule has 1 amide bonds. The molecule has 0 aromatic heterocycles. The summed E-state index contributed by atoms with van der Waals surface area (Å²) in [7, 11) is 1.53. The third kappa shape index (κ3) is 2.77. The number of hydrogen-bond acceptors (Lipinski definition) is 2. The second kappa shape index (κ2) is 5.82. The Hall–Kier alpha value is -1.95. The summed E-state index contributed by atoms with van der Waals surface area (Å²) in [5.41, 5.74) is 0.499. The highest BCUT2D eigenvalue weighted by Crippen LogP contribution is 2.17. The standard InChI is InChI=1S/C13H15NO2/c1-4-10(5-2)14-13(15)11-8-6-7-9-12(11)16-3/h1,6-10H,5H2,2-3H3,(H,14,15). The third-order valence-corrected chi connectivity index (χ3v) is 2.27. The highest BCUT2D eigenvalue weighted by Gasteiger charge is 2.13. The minimum absolute atomic E-state index is 0.206. The van der Waals surface area contributed by atoms with Gasteiger partial charge in [-0.1, -0.05) is 25.0 Å². The lowest BCUT2D eigenvalue weighted by atomic mass is 10.1. The molecule has 0 aliphatic heterocycles. The zero-order chi connectivity index (χ0) is 12.0. The zero-order valence-corrected chi connectivity index (χ0v) is 9.49. The maximum Gasteiger partial charge on any atom is 0.256 e. The van der Waals surface area contributed by atoms with Crippen LogP contribution in [0.5, 0.6) is 5.75 Å². The van der Waals surface area contributed by atoms with E-state index < -0.39 is 0 Å². The Morgan fingerprint density at radius 2 is 2.25 bits per heavy atom. The molecule has 1 atom stereocenters. The van der Waals surface area contributed by atoms with E-state index >= 15 is 0 Å². The predicted octanol–water partition coefficient (Wildman–Crippen LogP) is 1.84. The quantitative estimate of drug-likeness (QED) is 0.781. The molecule has 0 heterocycles. The molecule has 1 aromatic rings. The van der Waals surface area contributed by atoms with Crippen molar-refractivity contribution in [2.75, 3.05) is 7.11 Å². The van der Waals surface area contributed by atoms with E-state index in [0.717, 1.165) is 0 Å². The first-order chi connectivity index (χ1) is 7.72. The number of carbonyl (C=O) groups excluding carboxylic acids is 1. The van der Waals surface area contributed by atoms with E-state index in [-0.39, 0.29) is 11.9 Å². The summed E-state index contributed by atoms with van der Waals surface area (Å²) in [6.45, 7) is 1.92. The lowest BCUT2D eigenvalue weighted by Gasteiger charge is -2.12. The van der Waals surface area contributed by atoms with Gasteiger partial charge >= 0.3 is 0 Å². The maximum absolute atomic E-state index is 11.9. The first kappa shape index (κ1) is 12.1. The van der Waals surface area contributed by atoms with Crippen molar-refractivity contribution in [3.8, 4) is 18.1 Å². The van der Waals surface area contributed by atoms with Crippen LogP contribution in [0.15, 0.2) is 24.3 Å². The summed E-state index contributed by atoms with van der Waals surface area (Å²) in [4.78, 5) is 11.9. The van der Waals surface area contributed by atoms with Gasteiger partial charge < -0.3 is 10.1 Å². The van der Waals surface area contributed by atoms with Crippen LogP contribution >= 0.6 is 0 Å². The molecule has 1 unspecified atom stereocenters. The summed E-state index contributed by atoms with van der Waals surface area (Å²) < 4.78 is 5.10. The molecule has 1 N–H and O–H groups in total. The van der Waals surface area contributed by atoms with Crippen LogP contribution in [0, 0.1) is 12.3 Å². The van der Waals surface area contributed by atoms with Gasteiger partial charge in [-0.15, -0.1) is 6.42 Å². The molecule has 0 aliphatic carbocycles.